The van der Waals surface area contributed by atoms with Gasteiger partial charge in [-0.3, -0.25) is 4.79 Å². The molecule has 90 valence electrons. The number of halogens is 2. The van der Waals surface area contributed by atoms with Crippen molar-refractivity contribution < 1.29 is 4.79 Å². The van der Waals surface area contributed by atoms with Crippen molar-refractivity contribution in [1.29, 1.82) is 0 Å². The van der Waals surface area contributed by atoms with Crippen LogP contribution in [-0.4, -0.2) is 17.3 Å². The third kappa shape index (κ3) is 3.75. The lowest BCUT2D eigenvalue weighted by atomic mass is 10.0. The van der Waals surface area contributed by atoms with Gasteiger partial charge in [0.25, 0.3) is 5.91 Å². The van der Waals surface area contributed by atoms with E-state index in [9.17, 15) is 4.79 Å². The number of carbonyl (C=O) groups is 1. The molecule has 0 radical (unpaired) electrons. The molecular formula is C11H15BrClNOS. The fourth-order valence-electron chi connectivity index (χ4n) is 1.24. The first-order valence-corrected chi connectivity index (χ1v) is 7.14. The molecule has 0 atom stereocenters. The van der Waals surface area contributed by atoms with Crippen molar-refractivity contribution in [3.05, 3.63) is 20.3 Å². The Morgan fingerprint density at radius 3 is 2.69 bits per heavy atom. The second-order valence-electron chi connectivity index (χ2n) is 4.34. The molecule has 0 aliphatic rings. The maximum Gasteiger partial charge on any atom is 0.261 e. The molecule has 1 aromatic heterocycles. The second-order valence-corrected chi connectivity index (χ2v) is 7.09. The average Bonchev–Trinajstić information content (AvgIpc) is 2.46. The summed E-state index contributed by atoms with van der Waals surface area (Å²) in [4.78, 5) is 12.7. The van der Waals surface area contributed by atoms with Crippen LogP contribution in [0.1, 0.15) is 35.5 Å². The Morgan fingerprint density at radius 1 is 1.62 bits per heavy atom. The van der Waals surface area contributed by atoms with Gasteiger partial charge in [0.2, 0.25) is 0 Å². The van der Waals surface area contributed by atoms with E-state index in [0.29, 0.717) is 5.88 Å². The Labute approximate surface area is 114 Å². The van der Waals surface area contributed by atoms with Crippen LogP contribution in [0.4, 0.5) is 0 Å². The molecule has 1 N–H and O–H groups in total. The summed E-state index contributed by atoms with van der Waals surface area (Å²) >= 11 is 10.6. The Bertz CT molecular complexity index is 370. The molecule has 0 spiro atoms. The predicted octanol–water partition coefficient (Wildman–Crippen LogP) is 3.96. The fraction of sp³-hybridized carbons (Fsp3) is 0.545. The molecule has 0 aliphatic heterocycles. The van der Waals surface area contributed by atoms with Gasteiger partial charge < -0.3 is 5.32 Å². The molecule has 0 bridgehead atoms. The van der Waals surface area contributed by atoms with Gasteiger partial charge in [-0.2, -0.15) is 0 Å². The zero-order valence-corrected chi connectivity index (χ0v) is 12.7. The topological polar surface area (TPSA) is 29.1 Å². The van der Waals surface area contributed by atoms with Crippen molar-refractivity contribution in [2.24, 2.45) is 0 Å². The second kappa shape index (κ2) is 5.52. The summed E-state index contributed by atoms with van der Waals surface area (Å²) in [7, 11) is 0. The molecule has 1 heterocycles. The zero-order chi connectivity index (χ0) is 12.3. The number of hydrogen-bond acceptors (Lipinski definition) is 2. The lowest BCUT2D eigenvalue weighted by Gasteiger charge is -2.24. The molecule has 0 fully saturated rings. The largest absolute Gasteiger partial charge is 0.346 e. The highest BCUT2D eigenvalue weighted by Crippen LogP contribution is 2.27. The number of alkyl halides is 1. The first kappa shape index (κ1) is 14.0. The number of rotatable bonds is 4. The van der Waals surface area contributed by atoms with E-state index in [0.717, 1.165) is 20.6 Å². The van der Waals surface area contributed by atoms with Gasteiger partial charge in [-0.25, -0.2) is 0 Å². The van der Waals surface area contributed by atoms with Crippen molar-refractivity contribution in [3.63, 3.8) is 0 Å². The van der Waals surface area contributed by atoms with Crippen LogP contribution in [0.15, 0.2) is 9.85 Å². The third-order valence-corrected chi connectivity index (χ3v) is 4.58. The van der Waals surface area contributed by atoms with Crippen LogP contribution < -0.4 is 5.32 Å². The average molecular weight is 325 g/mol. The van der Waals surface area contributed by atoms with Crippen molar-refractivity contribution in [2.75, 3.05) is 5.88 Å². The lowest BCUT2D eigenvalue weighted by molar-refractivity contribution is 0.0916. The molecule has 0 aliphatic carbocycles. The first-order valence-electron chi connectivity index (χ1n) is 5.00. The van der Waals surface area contributed by atoms with Gasteiger partial charge >= 0.3 is 0 Å². The Kier molecular flexibility index (Phi) is 4.83. The smallest absolute Gasteiger partial charge is 0.261 e. The fourth-order valence-corrected chi connectivity index (χ4v) is 3.14. The molecule has 2 nitrogen and oxygen atoms in total. The number of hydrogen-bond donors (Lipinski definition) is 1. The highest BCUT2D eigenvalue weighted by atomic mass is 79.9. The van der Waals surface area contributed by atoms with Gasteiger partial charge in [0, 0.05) is 11.4 Å². The number of aryl methyl sites for hydroxylation is 1. The third-order valence-electron chi connectivity index (χ3n) is 2.25. The van der Waals surface area contributed by atoms with E-state index in [-0.39, 0.29) is 11.4 Å². The van der Waals surface area contributed by atoms with Crippen LogP contribution in [0.25, 0.3) is 0 Å². The number of carbonyl (C=O) groups excluding carboxylic acids is 1. The Morgan fingerprint density at radius 2 is 2.25 bits per heavy atom. The standard InChI is InChI=1S/C11H15BrClNOS/c1-7-6-8(16-9(7)12)10(15)14-11(2,3)4-5-13/h6H,4-5H2,1-3H3,(H,14,15). The van der Waals surface area contributed by atoms with Crippen molar-refractivity contribution >= 4 is 44.8 Å². The predicted molar refractivity (Wildman–Crippen MR) is 73.6 cm³/mol. The van der Waals surface area contributed by atoms with Crippen LogP contribution in [0.2, 0.25) is 0 Å². The summed E-state index contributed by atoms with van der Waals surface area (Å²) in [6.45, 7) is 5.92. The van der Waals surface area contributed by atoms with Gasteiger partial charge in [0.05, 0.1) is 8.66 Å². The molecule has 5 heteroatoms. The zero-order valence-electron chi connectivity index (χ0n) is 9.56. The van der Waals surface area contributed by atoms with E-state index in [2.05, 4.69) is 21.2 Å². The molecule has 0 unspecified atom stereocenters. The summed E-state index contributed by atoms with van der Waals surface area (Å²) < 4.78 is 1.01. The van der Waals surface area contributed by atoms with Gasteiger partial charge in [-0.05, 0) is 54.8 Å². The van der Waals surface area contributed by atoms with Gasteiger partial charge in [0.1, 0.15) is 0 Å². The molecule has 1 amide bonds. The van der Waals surface area contributed by atoms with Crippen LogP contribution in [0.5, 0.6) is 0 Å². The van der Waals surface area contributed by atoms with Crippen LogP contribution >= 0.6 is 38.9 Å². The maximum absolute atomic E-state index is 11.9. The van der Waals surface area contributed by atoms with Crippen molar-refractivity contribution in [3.8, 4) is 0 Å². The molecule has 16 heavy (non-hydrogen) atoms. The summed E-state index contributed by atoms with van der Waals surface area (Å²) in [6.07, 6.45) is 0.756. The molecule has 0 saturated carbocycles. The number of amides is 1. The maximum atomic E-state index is 11.9. The summed E-state index contributed by atoms with van der Waals surface area (Å²) in [5, 5.41) is 2.98. The molecular weight excluding hydrogens is 310 g/mol. The Balaban J connectivity index is 2.72. The minimum Gasteiger partial charge on any atom is -0.346 e. The molecule has 1 rings (SSSR count). The van der Waals surface area contributed by atoms with Gasteiger partial charge in [0.15, 0.2) is 0 Å². The van der Waals surface area contributed by atoms with Crippen LogP contribution in [-0.2, 0) is 0 Å². The Hall–Kier alpha value is -0.0600. The first-order chi connectivity index (χ1) is 7.35. The molecule has 0 aromatic carbocycles. The summed E-state index contributed by atoms with van der Waals surface area (Å²) in [5.74, 6) is 0.509. The van der Waals surface area contributed by atoms with Gasteiger partial charge in [-0.1, -0.05) is 0 Å². The lowest BCUT2D eigenvalue weighted by Crippen LogP contribution is -2.43. The SMILES string of the molecule is Cc1cc(C(=O)NC(C)(C)CCCl)sc1Br. The van der Waals surface area contributed by atoms with E-state index in [1.54, 1.807) is 0 Å². The number of thiophene rings is 1. The minimum absolute atomic E-state index is 0.0334. The van der Waals surface area contributed by atoms with E-state index < -0.39 is 0 Å². The molecule has 1 aromatic rings. The van der Waals surface area contributed by atoms with Crippen molar-refractivity contribution in [1.82, 2.24) is 5.32 Å². The normalized spacial score (nSPS) is 11.6. The minimum atomic E-state index is -0.261. The number of nitrogens with one attached hydrogen (secondary N) is 1. The van der Waals surface area contributed by atoms with E-state index >= 15 is 0 Å². The highest BCUT2D eigenvalue weighted by molar-refractivity contribution is 9.11. The van der Waals surface area contributed by atoms with Crippen molar-refractivity contribution in [2.45, 2.75) is 32.7 Å². The van der Waals surface area contributed by atoms with Crippen LogP contribution in [0, 0.1) is 6.92 Å². The highest BCUT2D eigenvalue weighted by Gasteiger charge is 2.21. The van der Waals surface area contributed by atoms with Gasteiger partial charge in [-0.15, -0.1) is 22.9 Å². The quantitative estimate of drug-likeness (QED) is 0.835. The monoisotopic (exact) mass is 323 g/mol. The van der Waals surface area contributed by atoms with E-state index in [4.69, 9.17) is 11.6 Å². The van der Waals surface area contributed by atoms with Crippen LogP contribution in [0.3, 0.4) is 0 Å². The summed E-state index contributed by atoms with van der Waals surface area (Å²) in [5.41, 5.74) is 0.828. The summed E-state index contributed by atoms with van der Waals surface area (Å²) in [6, 6.07) is 1.89. The van der Waals surface area contributed by atoms with E-state index in [1.807, 2.05) is 26.8 Å². The molecule has 0 saturated heterocycles. The van der Waals surface area contributed by atoms with E-state index in [1.165, 1.54) is 11.3 Å².